The summed E-state index contributed by atoms with van der Waals surface area (Å²) in [4.78, 5) is 23.3. The lowest BCUT2D eigenvalue weighted by atomic mass is 10.3. The van der Waals surface area contributed by atoms with Crippen molar-refractivity contribution in [2.24, 2.45) is 0 Å². The highest BCUT2D eigenvalue weighted by molar-refractivity contribution is 5.82. The van der Waals surface area contributed by atoms with E-state index >= 15 is 0 Å². The molecule has 0 aromatic rings. The number of carboxylic acid groups (broad SMARTS) is 1. The van der Waals surface area contributed by atoms with Gasteiger partial charge < -0.3 is 20.6 Å². The van der Waals surface area contributed by atoms with Crippen LogP contribution in [0.5, 0.6) is 0 Å². The summed E-state index contributed by atoms with van der Waals surface area (Å²) in [5.74, 6) is -1.05. The molecule has 3 N–H and O–H groups in total. The van der Waals surface area contributed by atoms with Crippen LogP contribution in [0.4, 0.5) is 4.79 Å². The Kier molecular flexibility index (Phi) is 5.62. The molecule has 0 rings (SSSR count). The lowest BCUT2D eigenvalue weighted by Crippen LogP contribution is -2.45. The van der Waals surface area contributed by atoms with Gasteiger partial charge in [0, 0.05) is 13.1 Å². The van der Waals surface area contributed by atoms with Crippen LogP contribution in [0.2, 0.25) is 0 Å². The average Bonchev–Trinajstić information content (AvgIpc) is 2.02. The van der Waals surface area contributed by atoms with Gasteiger partial charge in [-0.1, -0.05) is 0 Å². The Morgan fingerprint density at radius 3 is 2.43 bits per heavy atom. The summed E-state index contributed by atoms with van der Waals surface area (Å²) in [7, 11) is 3.78. The summed E-state index contributed by atoms with van der Waals surface area (Å²) >= 11 is 0. The van der Waals surface area contributed by atoms with Crippen LogP contribution in [0, 0.1) is 0 Å². The number of carbonyl (C=O) groups excluding carboxylic acids is 1. The molecule has 6 heteroatoms. The smallest absolute Gasteiger partial charge is 0.325 e. The number of rotatable bonds is 5. The second kappa shape index (κ2) is 6.20. The second-order valence-electron chi connectivity index (χ2n) is 3.26. The SMILES string of the molecule is C[C@H](NC(=O)NCCN(C)C)C(=O)O. The number of nitrogens with zero attached hydrogens (tertiary/aromatic N) is 1. The second-order valence-corrected chi connectivity index (χ2v) is 3.26. The van der Waals surface area contributed by atoms with Crippen LogP contribution in [-0.4, -0.2) is 55.2 Å². The van der Waals surface area contributed by atoms with Crippen molar-refractivity contribution in [3.05, 3.63) is 0 Å². The van der Waals surface area contributed by atoms with Gasteiger partial charge in [0.2, 0.25) is 0 Å². The van der Waals surface area contributed by atoms with Crippen LogP contribution < -0.4 is 10.6 Å². The first-order valence-electron chi connectivity index (χ1n) is 4.35. The molecule has 0 aliphatic carbocycles. The summed E-state index contributed by atoms with van der Waals surface area (Å²) < 4.78 is 0. The zero-order valence-electron chi connectivity index (χ0n) is 8.70. The number of aliphatic carboxylic acids is 1. The van der Waals surface area contributed by atoms with Gasteiger partial charge in [-0.25, -0.2) is 4.79 Å². The van der Waals surface area contributed by atoms with Crippen molar-refractivity contribution in [1.29, 1.82) is 0 Å². The average molecular weight is 203 g/mol. The molecule has 0 saturated heterocycles. The van der Waals surface area contributed by atoms with Crippen LogP contribution in [0.1, 0.15) is 6.92 Å². The summed E-state index contributed by atoms with van der Waals surface area (Å²) in [6.45, 7) is 2.62. The van der Waals surface area contributed by atoms with Crippen molar-refractivity contribution >= 4 is 12.0 Å². The highest BCUT2D eigenvalue weighted by Gasteiger charge is 2.12. The molecule has 0 radical (unpaired) electrons. The number of nitrogens with one attached hydrogen (secondary N) is 2. The maximum atomic E-state index is 11.0. The molecule has 0 aromatic carbocycles. The number of hydrogen-bond acceptors (Lipinski definition) is 3. The molecular weight excluding hydrogens is 186 g/mol. The molecule has 0 spiro atoms. The first-order valence-corrected chi connectivity index (χ1v) is 4.35. The number of carbonyl (C=O) groups is 2. The molecule has 0 aliphatic rings. The molecule has 6 nitrogen and oxygen atoms in total. The normalized spacial score (nSPS) is 12.3. The Morgan fingerprint density at radius 1 is 1.43 bits per heavy atom. The predicted octanol–water partition coefficient (Wildman–Crippen LogP) is -0.680. The quantitative estimate of drug-likeness (QED) is 0.553. The van der Waals surface area contributed by atoms with E-state index in [4.69, 9.17) is 5.11 Å². The van der Waals surface area contributed by atoms with Crippen LogP contribution in [0.3, 0.4) is 0 Å². The van der Waals surface area contributed by atoms with Crippen molar-refractivity contribution < 1.29 is 14.7 Å². The predicted molar refractivity (Wildman–Crippen MR) is 52.2 cm³/mol. The molecule has 0 heterocycles. The van der Waals surface area contributed by atoms with Crippen LogP contribution >= 0.6 is 0 Å². The summed E-state index contributed by atoms with van der Waals surface area (Å²) in [5, 5.41) is 13.3. The zero-order chi connectivity index (χ0) is 11.1. The van der Waals surface area contributed by atoms with Crippen molar-refractivity contribution in [2.75, 3.05) is 27.2 Å². The summed E-state index contributed by atoms with van der Waals surface area (Å²) in [5.41, 5.74) is 0. The van der Waals surface area contributed by atoms with Crippen molar-refractivity contribution in [2.45, 2.75) is 13.0 Å². The van der Waals surface area contributed by atoms with E-state index in [0.29, 0.717) is 6.54 Å². The molecule has 2 amide bonds. The molecule has 14 heavy (non-hydrogen) atoms. The van der Waals surface area contributed by atoms with Gasteiger partial charge in [0.1, 0.15) is 6.04 Å². The van der Waals surface area contributed by atoms with Gasteiger partial charge in [0.15, 0.2) is 0 Å². The van der Waals surface area contributed by atoms with E-state index < -0.39 is 18.0 Å². The third-order valence-corrected chi connectivity index (χ3v) is 1.56. The molecule has 0 unspecified atom stereocenters. The van der Waals surface area contributed by atoms with Gasteiger partial charge in [-0.05, 0) is 21.0 Å². The van der Waals surface area contributed by atoms with Gasteiger partial charge >= 0.3 is 12.0 Å². The minimum absolute atomic E-state index is 0.457. The van der Waals surface area contributed by atoms with Crippen LogP contribution in [0.15, 0.2) is 0 Å². The van der Waals surface area contributed by atoms with Gasteiger partial charge in [0.25, 0.3) is 0 Å². The number of carboxylic acids is 1. The lowest BCUT2D eigenvalue weighted by Gasteiger charge is -2.12. The summed E-state index contributed by atoms with van der Waals surface area (Å²) in [6, 6.07) is -1.32. The third kappa shape index (κ3) is 6.24. The van der Waals surface area contributed by atoms with E-state index in [9.17, 15) is 9.59 Å². The first kappa shape index (κ1) is 12.7. The minimum atomic E-state index is -1.05. The molecular formula is C8H17N3O3. The molecule has 0 saturated carbocycles. The molecule has 0 bridgehead atoms. The van der Waals surface area contributed by atoms with E-state index in [2.05, 4.69) is 10.6 Å². The number of likely N-dealkylation sites (N-methyl/N-ethyl adjacent to an activating group) is 1. The summed E-state index contributed by atoms with van der Waals surface area (Å²) in [6.07, 6.45) is 0. The maximum Gasteiger partial charge on any atom is 0.325 e. The maximum absolute atomic E-state index is 11.0. The van der Waals surface area contributed by atoms with Crippen molar-refractivity contribution in [1.82, 2.24) is 15.5 Å². The van der Waals surface area contributed by atoms with Crippen LogP contribution in [-0.2, 0) is 4.79 Å². The van der Waals surface area contributed by atoms with Crippen molar-refractivity contribution in [3.8, 4) is 0 Å². The fourth-order valence-corrected chi connectivity index (χ4v) is 0.702. The molecule has 82 valence electrons. The minimum Gasteiger partial charge on any atom is -0.480 e. The molecule has 0 aliphatic heterocycles. The lowest BCUT2D eigenvalue weighted by molar-refractivity contribution is -0.138. The van der Waals surface area contributed by atoms with Crippen molar-refractivity contribution in [3.63, 3.8) is 0 Å². The van der Waals surface area contributed by atoms with Gasteiger partial charge in [-0.3, -0.25) is 4.79 Å². The van der Waals surface area contributed by atoms with E-state index in [0.717, 1.165) is 6.54 Å². The van der Waals surface area contributed by atoms with Gasteiger partial charge in [-0.2, -0.15) is 0 Å². The van der Waals surface area contributed by atoms with E-state index in [1.165, 1.54) is 6.92 Å². The number of urea groups is 1. The highest BCUT2D eigenvalue weighted by atomic mass is 16.4. The first-order chi connectivity index (χ1) is 6.43. The van der Waals surface area contributed by atoms with E-state index in [1.54, 1.807) is 0 Å². The Labute approximate surface area is 83.3 Å². The third-order valence-electron chi connectivity index (χ3n) is 1.56. The van der Waals surface area contributed by atoms with E-state index in [-0.39, 0.29) is 0 Å². The fourth-order valence-electron chi connectivity index (χ4n) is 0.702. The molecule has 1 atom stereocenters. The Hall–Kier alpha value is -1.30. The number of amides is 2. The van der Waals surface area contributed by atoms with Gasteiger partial charge in [-0.15, -0.1) is 0 Å². The standard InChI is InChI=1S/C8H17N3O3/c1-6(7(12)13)10-8(14)9-4-5-11(2)3/h6H,4-5H2,1-3H3,(H,12,13)(H2,9,10,14)/t6-/m0/s1. The zero-order valence-corrected chi connectivity index (χ0v) is 8.70. The van der Waals surface area contributed by atoms with Gasteiger partial charge in [0.05, 0.1) is 0 Å². The van der Waals surface area contributed by atoms with Crippen LogP contribution in [0.25, 0.3) is 0 Å². The highest BCUT2D eigenvalue weighted by Crippen LogP contribution is 1.80. The molecule has 0 aromatic heterocycles. The van der Waals surface area contributed by atoms with E-state index in [1.807, 2.05) is 19.0 Å². The fraction of sp³-hybridized carbons (Fsp3) is 0.750. The Bertz CT molecular complexity index is 206. The Morgan fingerprint density at radius 2 is 2.00 bits per heavy atom. The largest absolute Gasteiger partial charge is 0.480 e. The topological polar surface area (TPSA) is 81.7 Å². The molecule has 0 fully saturated rings. The number of hydrogen-bond donors (Lipinski definition) is 3. The monoisotopic (exact) mass is 203 g/mol. The Balaban J connectivity index is 3.60.